The molecule has 0 saturated carbocycles. The number of ether oxygens (including phenoxy) is 3. The Morgan fingerprint density at radius 3 is 0.651 bits per heavy atom. The van der Waals surface area contributed by atoms with E-state index in [4.69, 9.17) is 27.5 Å². The summed E-state index contributed by atoms with van der Waals surface area (Å²) in [6.45, 7) is 48.0. The first-order valence-electron chi connectivity index (χ1n) is 41.2. The van der Waals surface area contributed by atoms with E-state index >= 15 is 26.3 Å². The van der Waals surface area contributed by atoms with E-state index in [0.29, 0.717) is 37.5 Å². The molecule has 0 saturated heterocycles. The summed E-state index contributed by atoms with van der Waals surface area (Å²) in [7, 11) is -12.5. The van der Waals surface area contributed by atoms with Crippen LogP contribution in [0.5, 0.6) is 34.5 Å². The summed E-state index contributed by atoms with van der Waals surface area (Å²) >= 11 is 0. The Hall–Kier alpha value is -8.29. The largest absolute Gasteiger partial charge is 0.542 e. The third-order valence-corrected chi connectivity index (χ3v) is 40.1. The van der Waals surface area contributed by atoms with Crippen molar-refractivity contribution in [2.24, 2.45) is 0 Å². The summed E-state index contributed by atoms with van der Waals surface area (Å²) in [5.74, 6) is -5.50. The van der Waals surface area contributed by atoms with Crippen LogP contribution in [0.15, 0.2) is 200 Å². The second kappa shape index (κ2) is 42.7. The van der Waals surface area contributed by atoms with Crippen molar-refractivity contribution in [1.29, 1.82) is 0 Å². The smallest absolute Gasteiger partial charge is 0.394 e. The number of rotatable bonds is 30. The molecule has 12 nitrogen and oxygen atoms in total. The van der Waals surface area contributed by atoms with Gasteiger partial charge in [0.1, 0.15) is 51.9 Å². The lowest BCUT2D eigenvalue weighted by molar-refractivity contribution is -0.160. The zero-order valence-electron chi connectivity index (χ0n) is 78.3. The maximum atomic E-state index is 15.9. The zero-order chi connectivity index (χ0) is 95.2. The van der Waals surface area contributed by atoms with Crippen LogP contribution >= 0.6 is 0 Å². The van der Waals surface area contributed by atoms with E-state index in [1.54, 1.807) is 80.5 Å². The molecule has 0 bridgehead atoms. The van der Waals surface area contributed by atoms with Crippen LogP contribution in [0.25, 0.3) is 0 Å². The molecule has 0 aliphatic carbocycles. The van der Waals surface area contributed by atoms with Crippen molar-refractivity contribution in [3.63, 3.8) is 0 Å². The molecule has 0 amide bonds. The standard InChI is InChI=1S/3C32H41F4NO3SSi.3FH/c3*1-29(2,3)41(38)37-32(21-22-13-11-10-12-14-22,24-17-25(33)20-26(18-24)39-31(7,35)36)23-15-16-28(27(34)19-23)40-42(8,9)30(4,5)6;;;/h3*10-20,37H,21H2,1-9H3;3*1H/t32?,41-;32-,41+;32-,41-;;;/m101.../s1. The summed E-state index contributed by atoms with van der Waals surface area (Å²) in [6, 6.07) is 50.5. The van der Waals surface area contributed by atoms with Crippen molar-refractivity contribution in [1.82, 2.24) is 14.2 Å². The van der Waals surface area contributed by atoms with Crippen LogP contribution in [-0.4, -0.2) is 70.1 Å². The minimum absolute atomic E-state index is 0. The molecule has 0 radical (unpaired) electrons. The topological polar surface area (TPSA) is 143 Å². The van der Waals surface area contributed by atoms with Crippen LogP contribution in [0.1, 0.15) is 195 Å². The Morgan fingerprint density at radius 2 is 0.481 bits per heavy atom. The van der Waals surface area contributed by atoms with Crippen LogP contribution in [0.3, 0.4) is 0 Å². The van der Waals surface area contributed by atoms with Crippen LogP contribution in [0, 0.1) is 34.9 Å². The fourth-order valence-electron chi connectivity index (χ4n) is 12.3. The van der Waals surface area contributed by atoms with Gasteiger partial charge in [0, 0.05) is 39.0 Å². The SMILES string of the molecule is CC(F)(F)Oc1cc(F)cc(C(Cc2ccccc2)(N[S@](=O)C(C)(C)C)c2ccc(O[Si](C)(C)C(C)(C)C)c(F)c2)c1.CC(F)(F)Oc1cc(F)cc([C@@](Cc2ccccc2)(N[S@](=O)C(C)(C)C)c2ccc(O[Si](C)(C)C(C)(C)C)c(F)c2)c1.CC(F)(F)Oc1cc(F)cc([C@](Cc2ccccc2)(N[S@](=O)C(C)(C)C)c2ccc(O[Si](C)(C)C(C)(C)C)c(F)c2)c1.F.F.F. The Balaban J connectivity index is 0.000000401. The molecule has 9 rings (SSSR count). The normalized spacial score (nSPS) is 14.8. The number of alkyl halides is 6. The third-order valence-electron chi connectivity index (χ3n) is 22.2. The van der Waals surface area contributed by atoms with E-state index in [0.717, 1.165) is 53.1 Å². The fraction of sp³-hybridized carbons (Fsp3) is 0.438. The predicted octanol–water partition coefficient (Wildman–Crippen LogP) is 27.1. The molecule has 129 heavy (non-hydrogen) atoms. The van der Waals surface area contributed by atoms with Gasteiger partial charge < -0.3 is 27.5 Å². The molecule has 0 aromatic heterocycles. The number of halogens is 15. The lowest BCUT2D eigenvalue weighted by Crippen LogP contribution is -2.50. The van der Waals surface area contributed by atoms with Crippen LogP contribution in [0.4, 0.5) is 66.8 Å². The van der Waals surface area contributed by atoms with Crippen molar-refractivity contribution >= 4 is 57.9 Å². The number of benzene rings is 9. The third kappa shape index (κ3) is 30.9. The van der Waals surface area contributed by atoms with Crippen LogP contribution < -0.4 is 41.7 Å². The van der Waals surface area contributed by atoms with Gasteiger partial charge in [-0.25, -0.2) is 53.1 Å². The fourth-order valence-corrected chi connectivity index (χ4v) is 18.1. The lowest BCUT2D eigenvalue weighted by Gasteiger charge is -2.39. The van der Waals surface area contributed by atoms with Gasteiger partial charge in [0.25, 0.3) is 25.0 Å². The molecule has 0 aliphatic heterocycles. The van der Waals surface area contributed by atoms with E-state index in [-0.39, 0.29) is 82.4 Å². The van der Waals surface area contributed by atoms with Crippen molar-refractivity contribution in [3.05, 3.63) is 285 Å². The van der Waals surface area contributed by atoms with Gasteiger partial charge in [0.15, 0.2) is 17.5 Å². The summed E-state index contributed by atoms with van der Waals surface area (Å²) < 4.78 is 257. The molecular formula is C96H126F15N3O9S3Si3. The monoisotopic (exact) mass is 1930 g/mol. The minimum atomic E-state index is -3.58. The Labute approximate surface area is 762 Å². The molecule has 33 heteroatoms. The molecule has 3 N–H and O–H groups in total. The molecular weight excluding hydrogens is 1800 g/mol. The number of hydrogen-bond donors (Lipinski definition) is 3. The molecule has 714 valence electrons. The first-order chi connectivity index (χ1) is 57.4. The van der Waals surface area contributed by atoms with Gasteiger partial charge in [-0.2, -0.15) is 26.3 Å². The summed E-state index contributed by atoms with van der Waals surface area (Å²) in [4.78, 5) is 0. The molecule has 0 fully saturated rings. The highest BCUT2D eigenvalue weighted by atomic mass is 32.2. The van der Waals surface area contributed by atoms with E-state index in [1.165, 1.54) is 54.6 Å². The van der Waals surface area contributed by atoms with Crippen molar-refractivity contribution < 1.29 is 107 Å². The van der Waals surface area contributed by atoms with Crippen molar-refractivity contribution in [3.8, 4) is 34.5 Å². The molecule has 0 heterocycles. The van der Waals surface area contributed by atoms with E-state index in [9.17, 15) is 39.0 Å². The van der Waals surface area contributed by atoms with Gasteiger partial charge in [-0.3, -0.25) is 14.1 Å². The summed E-state index contributed by atoms with van der Waals surface area (Å²) in [5, 5.41) is -0.543. The Bertz CT molecular complexity index is 4770. The molecule has 0 spiro atoms. The second-order valence-electron chi connectivity index (χ2n) is 39.4. The van der Waals surface area contributed by atoms with Gasteiger partial charge in [0.05, 0.1) is 63.8 Å². The van der Waals surface area contributed by atoms with Gasteiger partial charge in [0.2, 0.25) is 0 Å². The summed E-state index contributed by atoms with van der Waals surface area (Å²) in [5.41, 5.74) is -0.975. The molecule has 1 unspecified atom stereocenters. The van der Waals surface area contributed by atoms with Gasteiger partial charge in [-0.1, -0.05) is 172 Å². The predicted molar refractivity (Wildman–Crippen MR) is 499 cm³/mol. The van der Waals surface area contributed by atoms with Crippen molar-refractivity contribution in [2.45, 2.75) is 268 Å². The Kier molecular flexibility index (Phi) is 37.4. The van der Waals surface area contributed by atoms with Gasteiger partial charge >= 0.3 is 18.3 Å². The number of nitrogens with one attached hydrogen (secondary N) is 3. The van der Waals surface area contributed by atoms with E-state index in [2.05, 4.69) is 14.2 Å². The highest BCUT2D eigenvalue weighted by molar-refractivity contribution is 7.85. The van der Waals surface area contributed by atoms with E-state index < -0.39 is 159 Å². The summed E-state index contributed by atoms with van der Waals surface area (Å²) in [6.07, 6.45) is -10.5. The zero-order valence-corrected chi connectivity index (χ0v) is 83.8. The van der Waals surface area contributed by atoms with Gasteiger partial charge in [-0.05, 0) is 259 Å². The van der Waals surface area contributed by atoms with E-state index in [1.807, 2.05) is 193 Å². The van der Waals surface area contributed by atoms with Gasteiger partial charge in [-0.15, -0.1) is 0 Å². The lowest BCUT2D eigenvalue weighted by atomic mass is 9.78. The average Bonchev–Trinajstić information content (AvgIpc) is 0.759. The molecule has 6 atom stereocenters. The molecule has 0 aliphatic rings. The Morgan fingerprint density at radius 1 is 0.279 bits per heavy atom. The van der Waals surface area contributed by atoms with Crippen LogP contribution in [-0.2, 0) is 68.8 Å². The minimum Gasteiger partial charge on any atom is -0.542 e. The molecule has 9 aromatic rings. The maximum Gasteiger partial charge on any atom is 0.394 e. The molecule has 9 aromatic carbocycles. The first-order valence-corrected chi connectivity index (χ1v) is 53.4. The second-order valence-corrected chi connectivity index (χ2v) is 59.5. The highest BCUT2D eigenvalue weighted by Gasteiger charge is 2.48. The highest BCUT2D eigenvalue weighted by Crippen LogP contribution is 2.48. The van der Waals surface area contributed by atoms with Crippen molar-refractivity contribution in [2.75, 3.05) is 0 Å². The maximum absolute atomic E-state index is 15.9. The quantitative estimate of drug-likeness (QED) is 0.0296. The van der Waals surface area contributed by atoms with Crippen LogP contribution in [0.2, 0.25) is 54.4 Å². The number of hydrogen-bond acceptors (Lipinski definition) is 9. The first kappa shape index (κ1) is 113. The average molecular weight is 1930 g/mol.